The van der Waals surface area contributed by atoms with Gasteiger partial charge in [0.2, 0.25) is 12.4 Å². The number of aromatic nitrogens is 2. The van der Waals surface area contributed by atoms with E-state index in [2.05, 4.69) is 24.1 Å². The van der Waals surface area contributed by atoms with Crippen LogP contribution < -0.4 is 10.2 Å². The first-order valence-corrected chi connectivity index (χ1v) is 8.41. The highest BCUT2D eigenvalue weighted by Gasteiger charge is 2.21. The van der Waals surface area contributed by atoms with E-state index < -0.39 is 0 Å². The molecular weight excluding hydrogens is 298 g/mol. The minimum atomic E-state index is 0.726. The second-order valence-corrected chi connectivity index (χ2v) is 6.62. The minimum Gasteiger partial charge on any atom is -0.372 e. The summed E-state index contributed by atoms with van der Waals surface area (Å²) in [6, 6.07) is 0. The van der Waals surface area contributed by atoms with Crippen LogP contribution in [0.15, 0.2) is 0 Å². The molecule has 0 aromatic carbocycles. The highest BCUT2D eigenvalue weighted by molar-refractivity contribution is 7.18. The molecule has 0 aliphatic carbocycles. The van der Waals surface area contributed by atoms with Gasteiger partial charge in [0.25, 0.3) is 0 Å². The molecule has 0 spiro atoms. The van der Waals surface area contributed by atoms with Gasteiger partial charge in [-0.1, -0.05) is 6.92 Å². The van der Waals surface area contributed by atoms with Gasteiger partial charge in [0.15, 0.2) is 0 Å². The number of fused-ring (bicyclic) bond motifs is 1. The number of hydrogen-bond acceptors (Lipinski definition) is 6. The van der Waals surface area contributed by atoms with E-state index in [1.807, 2.05) is 7.05 Å². The van der Waals surface area contributed by atoms with Crippen molar-refractivity contribution in [1.29, 1.82) is 0 Å². The standard InChI is InChI=1S/C15H21N5OS/c1-4-11-10(2)22-14-12(11)13(16-3)17-15(18-14)20-7-5-19(9-21)6-8-20/h9H,4-8H2,1-3H3,(H,16,17,18). The van der Waals surface area contributed by atoms with Gasteiger partial charge in [-0.15, -0.1) is 11.3 Å². The number of nitrogens with zero attached hydrogens (tertiary/aromatic N) is 4. The Morgan fingerprint density at radius 3 is 2.59 bits per heavy atom. The fourth-order valence-electron chi connectivity index (χ4n) is 2.93. The van der Waals surface area contributed by atoms with Crippen molar-refractivity contribution in [2.24, 2.45) is 0 Å². The summed E-state index contributed by atoms with van der Waals surface area (Å²) < 4.78 is 0. The monoisotopic (exact) mass is 319 g/mol. The quantitative estimate of drug-likeness (QED) is 0.872. The third-order valence-electron chi connectivity index (χ3n) is 4.18. The first kappa shape index (κ1) is 15.0. The number of nitrogens with one attached hydrogen (secondary N) is 1. The Labute approximate surface area is 134 Å². The average Bonchev–Trinajstić information content (AvgIpc) is 2.89. The molecule has 7 heteroatoms. The molecule has 0 unspecified atom stereocenters. The number of carbonyl (C=O) groups is 1. The Kier molecular flexibility index (Phi) is 4.15. The molecule has 1 amide bonds. The molecule has 0 bridgehead atoms. The number of amides is 1. The summed E-state index contributed by atoms with van der Waals surface area (Å²) in [4.78, 5) is 26.6. The summed E-state index contributed by atoms with van der Waals surface area (Å²) in [5.41, 5.74) is 1.33. The Morgan fingerprint density at radius 1 is 1.27 bits per heavy atom. The number of thiophene rings is 1. The second kappa shape index (κ2) is 6.08. The smallest absolute Gasteiger partial charge is 0.228 e. The van der Waals surface area contributed by atoms with E-state index in [9.17, 15) is 4.79 Å². The second-order valence-electron chi connectivity index (χ2n) is 5.42. The maximum atomic E-state index is 10.8. The van der Waals surface area contributed by atoms with E-state index in [1.165, 1.54) is 10.4 Å². The van der Waals surface area contributed by atoms with Crippen molar-refractivity contribution >= 4 is 39.7 Å². The number of aryl methyl sites for hydroxylation is 2. The molecule has 1 fully saturated rings. The van der Waals surface area contributed by atoms with Gasteiger partial charge in [-0.2, -0.15) is 4.98 Å². The topological polar surface area (TPSA) is 61.4 Å². The van der Waals surface area contributed by atoms with E-state index in [1.54, 1.807) is 16.2 Å². The van der Waals surface area contributed by atoms with E-state index in [0.29, 0.717) is 0 Å². The van der Waals surface area contributed by atoms with Crippen LogP contribution in [0.3, 0.4) is 0 Å². The van der Waals surface area contributed by atoms with Gasteiger partial charge in [-0.05, 0) is 18.9 Å². The van der Waals surface area contributed by atoms with Gasteiger partial charge >= 0.3 is 0 Å². The highest BCUT2D eigenvalue weighted by Crippen LogP contribution is 2.35. The van der Waals surface area contributed by atoms with Crippen molar-refractivity contribution in [3.05, 3.63) is 10.4 Å². The van der Waals surface area contributed by atoms with Crippen LogP contribution in [0.4, 0.5) is 11.8 Å². The van der Waals surface area contributed by atoms with Gasteiger partial charge < -0.3 is 15.1 Å². The Hall–Kier alpha value is -1.89. The molecule has 1 N–H and O–H groups in total. The van der Waals surface area contributed by atoms with Crippen LogP contribution in [0.25, 0.3) is 10.2 Å². The molecule has 2 aromatic rings. The third-order valence-corrected chi connectivity index (χ3v) is 5.22. The Morgan fingerprint density at radius 2 is 2.00 bits per heavy atom. The average molecular weight is 319 g/mol. The zero-order valence-electron chi connectivity index (χ0n) is 13.2. The van der Waals surface area contributed by atoms with Crippen molar-refractivity contribution in [1.82, 2.24) is 14.9 Å². The molecule has 3 rings (SSSR count). The lowest BCUT2D eigenvalue weighted by molar-refractivity contribution is -0.118. The number of rotatable bonds is 4. The minimum absolute atomic E-state index is 0.726. The van der Waals surface area contributed by atoms with Crippen molar-refractivity contribution in [2.75, 3.05) is 43.4 Å². The van der Waals surface area contributed by atoms with Crippen molar-refractivity contribution in [2.45, 2.75) is 20.3 Å². The summed E-state index contributed by atoms with van der Waals surface area (Å²) in [7, 11) is 1.91. The van der Waals surface area contributed by atoms with E-state index in [0.717, 1.165) is 61.0 Å². The molecule has 1 aliphatic rings. The van der Waals surface area contributed by atoms with Gasteiger partial charge in [0, 0.05) is 38.1 Å². The summed E-state index contributed by atoms with van der Waals surface area (Å²) in [6.07, 6.45) is 1.90. The summed E-state index contributed by atoms with van der Waals surface area (Å²) in [5, 5.41) is 4.38. The van der Waals surface area contributed by atoms with E-state index >= 15 is 0 Å². The molecule has 22 heavy (non-hydrogen) atoms. The molecular formula is C15H21N5OS. The van der Waals surface area contributed by atoms with Gasteiger partial charge in [0.1, 0.15) is 10.6 Å². The predicted octanol–water partition coefficient (Wildman–Crippen LogP) is 1.88. The fourth-order valence-corrected chi connectivity index (χ4v) is 4.04. The largest absolute Gasteiger partial charge is 0.372 e. The molecule has 0 saturated carbocycles. The van der Waals surface area contributed by atoms with Crippen molar-refractivity contribution in [3.8, 4) is 0 Å². The fraction of sp³-hybridized carbons (Fsp3) is 0.533. The van der Waals surface area contributed by atoms with Crippen molar-refractivity contribution in [3.63, 3.8) is 0 Å². The van der Waals surface area contributed by atoms with Crippen LogP contribution in [0.2, 0.25) is 0 Å². The molecule has 1 aliphatic heterocycles. The molecule has 3 heterocycles. The molecule has 2 aromatic heterocycles. The first-order valence-electron chi connectivity index (χ1n) is 7.60. The van der Waals surface area contributed by atoms with Crippen LogP contribution in [0.1, 0.15) is 17.4 Å². The number of anilines is 2. The lowest BCUT2D eigenvalue weighted by Gasteiger charge is -2.32. The maximum Gasteiger partial charge on any atom is 0.228 e. The number of carbonyl (C=O) groups excluding carboxylic acids is 1. The lowest BCUT2D eigenvalue weighted by Crippen LogP contribution is -2.46. The van der Waals surface area contributed by atoms with Crippen LogP contribution in [-0.2, 0) is 11.2 Å². The molecule has 1 saturated heterocycles. The van der Waals surface area contributed by atoms with Gasteiger partial charge in [0.05, 0.1) is 5.39 Å². The summed E-state index contributed by atoms with van der Waals surface area (Å²) in [6.45, 7) is 7.32. The molecule has 0 atom stereocenters. The summed E-state index contributed by atoms with van der Waals surface area (Å²) >= 11 is 1.73. The van der Waals surface area contributed by atoms with E-state index in [-0.39, 0.29) is 0 Å². The van der Waals surface area contributed by atoms with Crippen LogP contribution in [-0.4, -0.2) is 54.5 Å². The van der Waals surface area contributed by atoms with Crippen molar-refractivity contribution < 1.29 is 4.79 Å². The lowest BCUT2D eigenvalue weighted by atomic mass is 10.1. The zero-order chi connectivity index (χ0) is 15.7. The maximum absolute atomic E-state index is 10.8. The van der Waals surface area contributed by atoms with Gasteiger partial charge in [-0.25, -0.2) is 4.98 Å². The number of hydrogen-bond donors (Lipinski definition) is 1. The van der Waals surface area contributed by atoms with Crippen LogP contribution in [0, 0.1) is 6.92 Å². The SMILES string of the molecule is CCc1c(C)sc2nc(N3CCN(C=O)CC3)nc(NC)c12. The first-order chi connectivity index (χ1) is 10.7. The molecule has 0 radical (unpaired) electrons. The molecule has 6 nitrogen and oxygen atoms in total. The van der Waals surface area contributed by atoms with E-state index in [4.69, 9.17) is 9.97 Å². The summed E-state index contributed by atoms with van der Waals surface area (Å²) in [5.74, 6) is 1.66. The highest BCUT2D eigenvalue weighted by atomic mass is 32.1. The zero-order valence-corrected chi connectivity index (χ0v) is 14.0. The molecule has 118 valence electrons. The third kappa shape index (κ3) is 2.49. The van der Waals surface area contributed by atoms with Crippen LogP contribution >= 0.6 is 11.3 Å². The predicted molar refractivity (Wildman–Crippen MR) is 90.9 cm³/mol. The normalized spacial score (nSPS) is 15.4. The van der Waals surface area contributed by atoms with Crippen LogP contribution in [0.5, 0.6) is 0 Å². The number of piperazine rings is 1. The van der Waals surface area contributed by atoms with Gasteiger partial charge in [-0.3, -0.25) is 4.79 Å². The Bertz CT molecular complexity index is 691. The Balaban J connectivity index is 2.00.